The van der Waals surface area contributed by atoms with Gasteiger partial charge in [-0.25, -0.2) is 0 Å². The molecule has 4 heteroatoms. The first-order valence-corrected chi connectivity index (χ1v) is 7.21. The SMILES string of the molecule is CCCNCC(C)C(C)Cc1cccc(C(F)(F)F)c1. The van der Waals surface area contributed by atoms with Crippen molar-refractivity contribution in [3.63, 3.8) is 0 Å². The molecule has 1 aromatic rings. The molecule has 0 aromatic heterocycles. The lowest BCUT2D eigenvalue weighted by molar-refractivity contribution is -0.137. The minimum Gasteiger partial charge on any atom is -0.316 e. The smallest absolute Gasteiger partial charge is 0.316 e. The molecule has 2 atom stereocenters. The standard InChI is InChI=1S/C16H24F3N/c1-4-8-20-11-13(3)12(2)9-14-6-5-7-15(10-14)16(17,18)19/h5-7,10,12-13,20H,4,8-9,11H2,1-3H3. The number of alkyl halides is 3. The Morgan fingerprint density at radius 3 is 2.45 bits per heavy atom. The summed E-state index contributed by atoms with van der Waals surface area (Å²) in [5.41, 5.74) is 0.202. The fourth-order valence-corrected chi connectivity index (χ4v) is 2.16. The highest BCUT2D eigenvalue weighted by Gasteiger charge is 2.30. The Hall–Kier alpha value is -1.03. The predicted octanol–water partition coefficient (Wildman–Crippen LogP) is 4.52. The highest BCUT2D eigenvalue weighted by Crippen LogP contribution is 2.30. The van der Waals surface area contributed by atoms with E-state index >= 15 is 0 Å². The van der Waals surface area contributed by atoms with Gasteiger partial charge in [-0.1, -0.05) is 39.0 Å². The van der Waals surface area contributed by atoms with Gasteiger partial charge in [-0.05, 0) is 49.4 Å². The zero-order valence-corrected chi connectivity index (χ0v) is 12.4. The average Bonchev–Trinajstić information content (AvgIpc) is 2.38. The van der Waals surface area contributed by atoms with Gasteiger partial charge in [0.15, 0.2) is 0 Å². The van der Waals surface area contributed by atoms with Gasteiger partial charge in [-0.2, -0.15) is 13.2 Å². The molecule has 0 aliphatic rings. The topological polar surface area (TPSA) is 12.0 Å². The summed E-state index contributed by atoms with van der Waals surface area (Å²) in [6, 6.07) is 5.66. The summed E-state index contributed by atoms with van der Waals surface area (Å²) >= 11 is 0. The quantitative estimate of drug-likeness (QED) is 0.727. The summed E-state index contributed by atoms with van der Waals surface area (Å²) in [6.07, 6.45) is -2.48. The molecule has 1 N–H and O–H groups in total. The Balaban J connectivity index is 2.59. The fraction of sp³-hybridized carbons (Fsp3) is 0.625. The predicted molar refractivity (Wildman–Crippen MR) is 76.6 cm³/mol. The summed E-state index contributed by atoms with van der Waals surface area (Å²) < 4.78 is 38.0. The highest BCUT2D eigenvalue weighted by molar-refractivity contribution is 5.26. The van der Waals surface area contributed by atoms with Gasteiger partial charge in [0.1, 0.15) is 0 Å². The van der Waals surface area contributed by atoms with Crippen LogP contribution >= 0.6 is 0 Å². The van der Waals surface area contributed by atoms with Crippen molar-refractivity contribution in [3.05, 3.63) is 35.4 Å². The third-order valence-electron chi connectivity index (χ3n) is 3.68. The highest BCUT2D eigenvalue weighted by atomic mass is 19.4. The first kappa shape index (κ1) is 17.0. The number of rotatable bonds is 7. The van der Waals surface area contributed by atoms with Crippen molar-refractivity contribution in [2.45, 2.75) is 39.8 Å². The Labute approximate surface area is 119 Å². The average molecular weight is 287 g/mol. The van der Waals surface area contributed by atoms with Crippen LogP contribution in [0.5, 0.6) is 0 Å². The zero-order chi connectivity index (χ0) is 15.2. The van der Waals surface area contributed by atoms with Crippen LogP contribution in [0.2, 0.25) is 0 Å². The molecule has 0 aliphatic heterocycles. The summed E-state index contributed by atoms with van der Waals surface area (Å²) in [4.78, 5) is 0. The molecule has 0 radical (unpaired) electrons. The van der Waals surface area contributed by atoms with Crippen molar-refractivity contribution in [1.29, 1.82) is 0 Å². The fourth-order valence-electron chi connectivity index (χ4n) is 2.16. The molecule has 2 unspecified atom stereocenters. The van der Waals surface area contributed by atoms with Crippen LogP contribution in [-0.2, 0) is 12.6 Å². The third-order valence-corrected chi connectivity index (χ3v) is 3.68. The van der Waals surface area contributed by atoms with E-state index in [2.05, 4.69) is 26.1 Å². The van der Waals surface area contributed by atoms with E-state index in [0.717, 1.165) is 31.1 Å². The van der Waals surface area contributed by atoms with E-state index in [1.807, 2.05) is 0 Å². The lowest BCUT2D eigenvalue weighted by Gasteiger charge is -2.21. The minimum atomic E-state index is -4.26. The summed E-state index contributed by atoms with van der Waals surface area (Å²) in [5, 5.41) is 3.36. The third kappa shape index (κ3) is 5.53. The van der Waals surface area contributed by atoms with Crippen molar-refractivity contribution in [3.8, 4) is 0 Å². The molecule has 0 bridgehead atoms. The van der Waals surface area contributed by atoms with Gasteiger partial charge in [0.2, 0.25) is 0 Å². The maximum absolute atomic E-state index is 12.7. The monoisotopic (exact) mass is 287 g/mol. The van der Waals surface area contributed by atoms with E-state index in [4.69, 9.17) is 0 Å². The summed E-state index contributed by atoms with van der Waals surface area (Å²) in [7, 11) is 0. The van der Waals surface area contributed by atoms with Crippen molar-refractivity contribution >= 4 is 0 Å². The van der Waals surface area contributed by atoms with Gasteiger partial charge in [0, 0.05) is 0 Å². The largest absolute Gasteiger partial charge is 0.416 e. The molecule has 0 heterocycles. The van der Waals surface area contributed by atoms with E-state index in [1.165, 1.54) is 12.1 Å². The van der Waals surface area contributed by atoms with Crippen LogP contribution in [0, 0.1) is 11.8 Å². The first-order chi connectivity index (χ1) is 9.34. The maximum atomic E-state index is 12.7. The summed E-state index contributed by atoms with van der Waals surface area (Å²) in [6.45, 7) is 8.25. The number of halogens is 3. The normalized spacial score (nSPS) is 15.1. The molecule has 20 heavy (non-hydrogen) atoms. The molecule has 0 fully saturated rings. The second-order valence-corrected chi connectivity index (χ2v) is 5.56. The van der Waals surface area contributed by atoms with Crippen LogP contribution in [0.3, 0.4) is 0 Å². The van der Waals surface area contributed by atoms with Gasteiger partial charge in [0.25, 0.3) is 0 Å². The lowest BCUT2D eigenvalue weighted by atomic mass is 9.89. The van der Waals surface area contributed by atoms with Crippen LogP contribution < -0.4 is 5.32 Å². The molecular formula is C16H24F3N. The second-order valence-electron chi connectivity index (χ2n) is 5.56. The molecule has 0 aliphatic carbocycles. The second kappa shape index (κ2) is 7.67. The zero-order valence-electron chi connectivity index (χ0n) is 12.4. The van der Waals surface area contributed by atoms with Crippen molar-refractivity contribution in [2.75, 3.05) is 13.1 Å². The van der Waals surface area contributed by atoms with E-state index in [1.54, 1.807) is 6.07 Å². The number of nitrogens with one attached hydrogen (secondary N) is 1. The molecule has 0 spiro atoms. The van der Waals surface area contributed by atoms with Crippen LogP contribution in [0.1, 0.15) is 38.3 Å². The van der Waals surface area contributed by atoms with E-state index < -0.39 is 11.7 Å². The molecule has 1 aromatic carbocycles. The van der Waals surface area contributed by atoms with Crippen LogP contribution in [0.15, 0.2) is 24.3 Å². The Bertz CT molecular complexity index is 401. The molecule has 114 valence electrons. The van der Waals surface area contributed by atoms with Gasteiger partial charge in [-0.3, -0.25) is 0 Å². The molecule has 1 rings (SSSR count). The minimum absolute atomic E-state index is 0.350. The molecule has 1 nitrogen and oxygen atoms in total. The first-order valence-electron chi connectivity index (χ1n) is 7.21. The van der Waals surface area contributed by atoms with Gasteiger partial charge < -0.3 is 5.32 Å². The Morgan fingerprint density at radius 2 is 1.85 bits per heavy atom. The van der Waals surface area contributed by atoms with Gasteiger partial charge >= 0.3 is 6.18 Å². The van der Waals surface area contributed by atoms with E-state index in [9.17, 15) is 13.2 Å². The summed E-state index contributed by atoms with van der Waals surface area (Å²) in [5.74, 6) is 0.791. The van der Waals surface area contributed by atoms with Crippen molar-refractivity contribution < 1.29 is 13.2 Å². The molecular weight excluding hydrogens is 263 g/mol. The van der Waals surface area contributed by atoms with Crippen LogP contribution in [0.4, 0.5) is 13.2 Å². The van der Waals surface area contributed by atoms with Gasteiger partial charge in [0.05, 0.1) is 5.56 Å². The van der Waals surface area contributed by atoms with Crippen molar-refractivity contribution in [1.82, 2.24) is 5.32 Å². The molecule has 0 amide bonds. The van der Waals surface area contributed by atoms with E-state index in [0.29, 0.717) is 18.3 Å². The number of benzene rings is 1. The lowest BCUT2D eigenvalue weighted by Crippen LogP contribution is -2.26. The number of hydrogen-bond donors (Lipinski definition) is 1. The van der Waals surface area contributed by atoms with Gasteiger partial charge in [-0.15, -0.1) is 0 Å². The van der Waals surface area contributed by atoms with E-state index in [-0.39, 0.29) is 0 Å². The number of hydrogen-bond acceptors (Lipinski definition) is 1. The maximum Gasteiger partial charge on any atom is 0.416 e. The Kier molecular flexibility index (Phi) is 6.53. The van der Waals surface area contributed by atoms with Crippen molar-refractivity contribution in [2.24, 2.45) is 11.8 Å². The Morgan fingerprint density at radius 1 is 1.15 bits per heavy atom. The van der Waals surface area contributed by atoms with Crippen LogP contribution in [0.25, 0.3) is 0 Å². The molecule has 0 saturated heterocycles. The molecule has 0 saturated carbocycles. The van der Waals surface area contributed by atoms with Crippen LogP contribution in [-0.4, -0.2) is 13.1 Å².